The van der Waals surface area contributed by atoms with E-state index in [1.165, 1.54) is 24.3 Å². The third-order valence-electron chi connectivity index (χ3n) is 4.27. The van der Waals surface area contributed by atoms with E-state index in [0.717, 1.165) is 6.07 Å². The summed E-state index contributed by atoms with van der Waals surface area (Å²) < 4.78 is 52.7. The normalized spacial score (nSPS) is 14.6. The molecule has 0 saturated heterocycles. The predicted octanol–water partition coefficient (Wildman–Crippen LogP) is 3.28. The second-order valence-corrected chi connectivity index (χ2v) is 6.07. The molecule has 2 amide bonds. The van der Waals surface area contributed by atoms with E-state index in [1.807, 2.05) is 0 Å². The summed E-state index contributed by atoms with van der Waals surface area (Å²) in [5, 5.41) is 4.71. The van der Waals surface area contributed by atoms with Crippen LogP contribution in [-0.2, 0) is 16.1 Å². The minimum absolute atomic E-state index is 0.0910. The lowest BCUT2D eigenvalue weighted by molar-refractivity contribution is -0.134. The van der Waals surface area contributed by atoms with Crippen molar-refractivity contribution >= 4 is 17.5 Å². The maximum Gasteiger partial charge on any atom is 0.240 e. The molecular weight excluding hydrogens is 352 g/mol. The first kappa shape index (κ1) is 17.9. The molecule has 3 rings (SSSR count). The number of anilines is 1. The number of rotatable bonds is 5. The van der Waals surface area contributed by atoms with E-state index < -0.39 is 46.2 Å². The Bertz CT molecular complexity index is 864. The van der Waals surface area contributed by atoms with Crippen LogP contribution in [0.3, 0.4) is 0 Å². The van der Waals surface area contributed by atoms with Crippen molar-refractivity contribution in [2.24, 2.45) is 5.41 Å². The van der Waals surface area contributed by atoms with Crippen molar-refractivity contribution in [3.63, 3.8) is 0 Å². The van der Waals surface area contributed by atoms with Gasteiger partial charge in [0, 0.05) is 6.54 Å². The molecule has 8 heteroatoms. The van der Waals surface area contributed by atoms with Crippen LogP contribution < -0.4 is 10.6 Å². The second kappa shape index (κ2) is 6.78. The molecule has 0 spiro atoms. The number of amides is 2. The van der Waals surface area contributed by atoms with E-state index in [9.17, 15) is 27.2 Å². The van der Waals surface area contributed by atoms with Crippen molar-refractivity contribution in [1.82, 2.24) is 5.32 Å². The molecule has 1 aliphatic carbocycles. The van der Waals surface area contributed by atoms with Crippen molar-refractivity contribution in [2.75, 3.05) is 5.32 Å². The molecule has 2 aromatic rings. The van der Waals surface area contributed by atoms with Gasteiger partial charge in [-0.05, 0) is 42.7 Å². The summed E-state index contributed by atoms with van der Waals surface area (Å²) in [5.74, 6) is -6.37. The minimum atomic E-state index is -1.70. The molecule has 0 unspecified atom stereocenters. The van der Waals surface area contributed by atoms with Gasteiger partial charge in [0.15, 0.2) is 17.5 Å². The maximum absolute atomic E-state index is 13.7. The van der Waals surface area contributed by atoms with Gasteiger partial charge < -0.3 is 10.6 Å². The van der Waals surface area contributed by atoms with Gasteiger partial charge in [0.1, 0.15) is 11.2 Å². The van der Waals surface area contributed by atoms with Gasteiger partial charge >= 0.3 is 0 Å². The Hall–Kier alpha value is -2.90. The van der Waals surface area contributed by atoms with E-state index in [1.54, 1.807) is 0 Å². The number of carbonyl (C=O) groups is 2. The molecule has 26 heavy (non-hydrogen) atoms. The van der Waals surface area contributed by atoms with Gasteiger partial charge in [0.25, 0.3) is 0 Å². The van der Waals surface area contributed by atoms with Gasteiger partial charge in [-0.15, -0.1) is 0 Å². The Kier molecular flexibility index (Phi) is 4.67. The monoisotopic (exact) mass is 366 g/mol. The van der Waals surface area contributed by atoms with Gasteiger partial charge in [-0.2, -0.15) is 0 Å². The highest BCUT2D eigenvalue weighted by Crippen LogP contribution is 2.47. The zero-order valence-electron chi connectivity index (χ0n) is 13.4. The van der Waals surface area contributed by atoms with E-state index in [0.29, 0.717) is 11.6 Å². The van der Waals surface area contributed by atoms with Crippen LogP contribution in [0.5, 0.6) is 0 Å². The van der Waals surface area contributed by atoms with E-state index in [4.69, 9.17) is 0 Å². The summed E-state index contributed by atoms with van der Waals surface area (Å²) in [4.78, 5) is 24.7. The van der Waals surface area contributed by atoms with Crippen LogP contribution in [0.2, 0.25) is 0 Å². The van der Waals surface area contributed by atoms with Crippen molar-refractivity contribution < 1.29 is 27.2 Å². The SMILES string of the molecule is O=C(NCc1ccc(F)cc1)C1(C(=O)Nc2ccc(F)c(F)c2F)CC1. The fraction of sp³-hybridized carbons (Fsp3) is 0.222. The molecule has 2 N–H and O–H groups in total. The number of halogens is 4. The van der Waals surface area contributed by atoms with Crippen LogP contribution in [0, 0.1) is 28.7 Å². The molecule has 0 bridgehead atoms. The summed E-state index contributed by atoms with van der Waals surface area (Å²) in [7, 11) is 0. The molecule has 1 aliphatic rings. The number of benzene rings is 2. The smallest absolute Gasteiger partial charge is 0.240 e. The topological polar surface area (TPSA) is 58.2 Å². The van der Waals surface area contributed by atoms with E-state index in [-0.39, 0.29) is 19.4 Å². The summed E-state index contributed by atoms with van der Waals surface area (Å²) in [5.41, 5.74) is -1.27. The van der Waals surface area contributed by atoms with Crippen LogP contribution in [0.15, 0.2) is 36.4 Å². The lowest BCUT2D eigenvalue weighted by Gasteiger charge is -2.16. The quantitative estimate of drug-likeness (QED) is 0.485. The third kappa shape index (κ3) is 3.40. The molecule has 0 radical (unpaired) electrons. The van der Waals surface area contributed by atoms with Gasteiger partial charge in [0.2, 0.25) is 11.8 Å². The van der Waals surface area contributed by atoms with E-state index >= 15 is 0 Å². The van der Waals surface area contributed by atoms with Crippen molar-refractivity contribution in [3.8, 4) is 0 Å². The van der Waals surface area contributed by atoms with Crippen LogP contribution in [0.25, 0.3) is 0 Å². The molecule has 1 fully saturated rings. The number of nitrogens with one attached hydrogen (secondary N) is 2. The van der Waals surface area contributed by atoms with E-state index in [2.05, 4.69) is 10.6 Å². The van der Waals surface area contributed by atoms with Crippen LogP contribution in [0.1, 0.15) is 18.4 Å². The minimum Gasteiger partial charge on any atom is -0.351 e. The van der Waals surface area contributed by atoms with Crippen LogP contribution >= 0.6 is 0 Å². The molecule has 1 saturated carbocycles. The maximum atomic E-state index is 13.7. The van der Waals surface area contributed by atoms with Crippen LogP contribution in [0.4, 0.5) is 23.2 Å². The third-order valence-corrected chi connectivity index (χ3v) is 4.27. The zero-order chi connectivity index (χ0) is 18.9. The standard InChI is InChI=1S/C18H14F4N2O2/c19-11-3-1-10(2-4-11)9-23-16(25)18(7-8-18)17(26)24-13-6-5-12(20)14(21)15(13)22/h1-6H,7-9H2,(H,23,25)(H,24,26). The Balaban J connectivity index is 1.66. The largest absolute Gasteiger partial charge is 0.351 e. The predicted molar refractivity (Wildman–Crippen MR) is 84.9 cm³/mol. The Morgan fingerprint density at radius 3 is 2.15 bits per heavy atom. The van der Waals surface area contributed by atoms with Gasteiger partial charge in [-0.3, -0.25) is 9.59 Å². The van der Waals surface area contributed by atoms with Gasteiger partial charge in [-0.1, -0.05) is 12.1 Å². The first-order valence-corrected chi connectivity index (χ1v) is 7.81. The number of hydrogen-bond donors (Lipinski definition) is 2. The molecule has 4 nitrogen and oxygen atoms in total. The number of hydrogen-bond acceptors (Lipinski definition) is 2. The molecule has 0 heterocycles. The lowest BCUT2D eigenvalue weighted by Crippen LogP contribution is -2.39. The van der Waals surface area contributed by atoms with Crippen molar-refractivity contribution in [1.29, 1.82) is 0 Å². The fourth-order valence-electron chi connectivity index (χ4n) is 2.50. The fourth-order valence-corrected chi connectivity index (χ4v) is 2.50. The highest BCUT2D eigenvalue weighted by Gasteiger charge is 2.56. The van der Waals surface area contributed by atoms with Crippen molar-refractivity contribution in [3.05, 3.63) is 65.2 Å². The Labute approximate surface area is 146 Å². The molecule has 136 valence electrons. The average molecular weight is 366 g/mol. The molecule has 0 aromatic heterocycles. The molecule has 0 aliphatic heterocycles. The first-order valence-electron chi connectivity index (χ1n) is 7.81. The van der Waals surface area contributed by atoms with Crippen molar-refractivity contribution in [2.45, 2.75) is 19.4 Å². The summed E-state index contributed by atoms with van der Waals surface area (Å²) in [6.07, 6.45) is 0.499. The lowest BCUT2D eigenvalue weighted by atomic mass is 10.0. The average Bonchev–Trinajstić information content (AvgIpc) is 3.43. The zero-order valence-corrected chi connectivity index (χ0v) is 13.4. The van der Waals surface area contributed by atoms with Gasteiger partial charge in [0.05, 0.1) is 5.69 Å². The summed E-state index contributed by atoms with van der Waals surface area (Å²) in [6.45, 7) is 0.0910. The summed E-state index contributed by atoms with van der Waals surface area (Å²) in [6, 6.07) is 7.04. The first-order chi connectivity index (χ1) is 12.3. The highest BCUT2D eigenvalue weighted by molar-refractivity contribution is 6.13. The molecule has 0 atom stereocenters. The molecule has 2 aromatic carbocycles. The summed E-state index contributed by atoms with van der Waals surface area (Å²) >= 11 is 0. The Morgan fingerprint density at radius 1 is 0.885 bits per heavy atom. The Morgan fingerprint density at radius 2 is 1.54 bits per heavy atom. The molecular formula is C18H14F4N2O2. The second-order valence-electron chi connectivity index (χ2n) is 6.07. The van der Waals surface area contributed by atoms with Gasteiger partial charge in [-0.25, -0.2) is 17.6 Å². The highest BCUT2D eigenvalue weighted by atomic mass is 19.2. The number of carbonyl (C=O) groups excluding carboxylic acids is 2. The van der Waals surface area contributed by atoms with Crippen LogP contribution in [-0.4, -0.2) is 11.8 Å².